The van der Waals surface area contributed by atoms with Gasteiger partial charge in [-0.15, -0.1) is 0 Å². The third-order valence-corrected chi connectivity index (χ3v) is 2.94. The summed E-state index contributed by atoms with van der Waals surface area (Å²) in [4.78, 5) is 4.48. The van der Waals surface area contributed by atoms with E-state index in [9.17, 15) is 0 Å². The molecular weight excluding hydrogens is 242 g/mol. The van der Waals surface area contributed by atoms with E-state index < -0.39 is 0 Å². The van der Waals surface area contributed by atoms with Crippen molar-refractivity contribution in [2.75, 3.05) is 25.6 Å². The molecule has 0 bridgehead atoms. The maximum absolute atomic E-state index is 5.04. The number of hydrogen-bond donors (Lipinski definition) is 1. The largest absolute Gasteiger partial charge is 0.383 e. The summed E-state index contributed by atoms with van der Waals surface area (Å²) in [6.07, 6.45) is 4.09. The Morgan fingerprint density at radius 3 is 2.74 bits per heavy atom. The van der Waals surface area contributed by atoms with Gasteiger partial charge in [0.05, 0.1) is 24.5 Å². The topological polar surface area (TPSA) is 56.9 Å². The number of rotatable bonds is 6. The second kappa shape index (κ2) is 5.88. The SMILES string of the molecule is COCCNc1nc(C)cn1Cc1cn(C)nc1C. The summed E-state index contributed by atoms with van der Waals surface area (Å²) >= 11 is 0. The van der Waals surface area contributed by atoms with Crippen LogP contribution in [0.4, 0.5) is 5.95 Å². The summed E-state index contributed by atoms with van der Waals surface area (Å²) in [6, 6.07) is 0. The maximum atomic E-state index is 5.04. The average molecular weight is 263 g/mol. The van der Waals surface area contributed by atoms with Gasteiger partial charge in [-0.05, 0) is 13.8 Å². The highest BCUT2D eigenvalue weighted by Gasteiger charge is 2.09. The predicted octanol–water partition coefficient (Wildman–Crippen LogP) is 1.34. The van der Waals surface area contributed by atoms with Crippen LogP contribution in [0.25, 0.3) is 0 Å². The van der Waals surface area contributed by atoms with Crippen LogP contribution in [-0.4, -0.2) is 39.6 Å². The summed E-state index contributed by atoms with van der Waals surface area (Å²) in [6.45, 7) is 6.21. The number of aryl methyl sites for hydroxylation is 3. The highest BCUT2D eigenvalue weighted by molar-refractivity contribution is 5.30. The number of anilines is 1. The maximum Gasteiger partial charge on any atom is 0.203 e. The van der Waals surface area contributed by atoms with Crippen LogP contribution in [-0.2, 0) is 18.3 Å². The third-order valence-electron chi connectivity index (χ3n) is 2.94. The summed E-state index contributed by atoms with van der Waals surface area (Å²) in [5.41, 5.74) is 3.26. The number of imidazole rings is 1. The van der Waals surface area contributed by atoms with Gasteiger partial charge in [-0.3, -0.25) is 4.68 Å². The summed E-state index contributed by atoms with van der Waals surface area (Å²) in [7, 11) is 3.63. The van der Waals surface area contributed by atoms with Crippen LogP contribution in [0.3, 0.4) is 0 Å². The minimum atomic E-state index is 0.665. The molecule has 2 aromatic rings. The van der Waals surface area contributed by atoms with E-state index in [1.165, 1.54) is 5.56 Å². The van der Waals surface area contributed by atoms with Crippen molar-refractivity contribution in [3.8, 4) is 0 Å². The lowest BCUT2D eigenvalue weighted by atomic mass is 10.2. The van der Waals surface area contributed by atoms with Crippen molar-refractivity contribution in [1.29, 1.82) is 0 Å². The van der Waals surface area contributed by atoms with Crippen molar-refractivity contribution in [3.05, 3.63) is 29.3 Å². The first-order valence-electron chi connectivity index (χ1n) is 6.36. The number of nitrogens with zero attached hydrogens (tertiary/aromatic N) is 4. The van der Waals surface area contributed by atoms with Gasteiger partial charge in [-0.1, -0.05) is 0 Å². The number of nitrogens with one attached hydrogen (secondary N) is 1. The molecule has 1 N–H and O–H groups in total. The molecule has 0 aliphatic carbocycles. The van der Waals surface area contributed by atoms with Gasteiger partial charge >= 0.3 is 0 Å². The van der Waals surface area contributed by atoms with E-state index in [1.807, 2.05) is 38.0 Å². The highest BCUT2D eigenvalue weighted by Crippen LogP contribution is 2.13. The lowest BCUT2D eigenvalue weighted by molar-refractivity contribution is 0.210. The smallest absolute Gasteiger partial charge is 0.203 e. The molecule has 0 fully saturated rings. The molecule has 6 nitrogen and oxygen atoms in total. The second-order valence-corrected chi connectivity index (χ2v) is 4.67. The molecule has 0 spiro atoms. The van der Waals surface area contributed by atoms with Crippen molar-refractivity contribution in [2.24, 2.45) is 7.05 Å². The second-order valence-electron chi connectivity index (χ2n) is 4.67. The Morgan fingerprint density at radius 2 is 2.11 bits per heavy atom. The van der Waals surface area contributed by atoms with E-state index >= 15 is 0 Å². The molecule has 0 radical (unpaired) electrons. The lowest BCUT2D eigenvalue weighted by Gasteiger charge is -2.08. The normalized spacial score (nSPS) is 10.9. The molecule has 2 rings (SSSR count). The zero-order chi connectivity index (χ0) is 13.8. The minimum absolute atomic E-state index is 0.665. The van der Waals surface area contributed by atoms with E-state index in [2.05, 4.69) is 20.0 Å². The van der Waals surface area contributed by atoms with Crippen LogP contribution >= 0.6 is 0 Å². The number of aromatic nitrogens is 4. The van der Waals surface area contributed by atoms with E-state index in [0.717, 1.165) is 30.4 Å². The Labute approximate surface area is 113 Å². The predicted molar refractivity (Wildman–Crippen MR) is 74.4 cm³/mol. The van der Waals surface area contributed by atoms with E-state index in [1.54, 1.807) is 7.11 Å². The zero-order valence-corrected chi connectivity index (χ0v) is 12.0. The zero-order valence-electron chi connectivity index (χ0n) is 12.0. The molecule has 0 unspecified atom stereocenters. The van der Waals surface area contributed by atoms with Crippen molar-refractivity contribution >= 4 is 5.95 Å². The molecule has 0 saturated carbocycles. The van der Waals surface area contributed by atoms with Crippen molar-refractivity contribution in [3.63, 3.8) is 0 Å². The molecule has 2 heterocycles. The number of hydrogen-bond acceptors (Lipinski definition) is 4. The molecule has 0 amide bonds. The Balaban J connectivity index is 2.13. The van der Waals surface area contributed by atoms with Crippen LogP contribution < -0.4 is 5.32 Å². The Morgan fingerprint density at radius 1 is 1.32 bits per heavy atom. The monoisotopic (exact) mass is 263 g/mol. The van der Waals surface area contributed by atoms with Gasteiger partial charge in [0.15, 0.2) is 0 Å². The van der Waals surface area contributed by atoms with E-state index in [0.29, 0.717) is 6.61 Å². The molecular formula is C13H21N5O. The van der Waals surface area contributed by atoms with Crippen LogP contribution in [0, 0.1) is 13.8 Å². The number of methoxy groups -OCH3 is 1. The molecule has 0 aliphatic heterocycles. The van der Waals surface area contributed by atoms with Gasteiger partial charge in [0, 0.05) is 38.7 Å². The third kappa shape index (κ3) is 3.35. The fourth-order valence-electron chi connectivity index (χ4n) is 2.06. The molecule has 104 valence electrons. The molecule has 0 atom stereocenters. The van der Waals surface area contributed by atoms with Gasteiger partial charge in [-0.25, -0.2) is 4.98 Å². The Hall–Kier alpha value is -1.82. The molecule has 0 aromatic carbocycles. The van der Waals surface area contributed by atoms with Crippen molar-refractivity contribution < 1.29 is 4.74 Å². The standard InChI is InChI=1S/C13H21N5O/c1-10-7-18(13(15-10)14-5-6-19-4)9-12-8-17(3)16-11(12)2/h7-8H,5-6,9H2,1-4H3,(H,14,15). The number of ether oxygens (including phenoxy) is 1. The first-order chi connectivity index (χ1) is 9.10. The molecule has 6 heteroatoms. The van der Waals surface area contributed by atoms with E-state index in [4.69, 9.17) is 4.74 Å². The van der Waals surface area contributed by atoms with Crippen molar-refractivity contribution in [2.45, 2.75) is 20.4 Å². The van der Waals surface area contributed by atoms with Gasteiger partial charge in [0.2, 0.25) is 5.95 Å². The fraction of sp³-hybridized carbons (Fsp3) is 0.538. The van der Waals surface area contributed by atoms with E-state index in [-0.39, 0.29) is 0 Å². The lowest BCUT2D eigenvalue weighted by Crippen LogP contribution is -2.12. The van der Waals surface area contributed by atoms with Crippen LogP contribution in [0.15, 0.2) is 12.4 Å². The Kier molecular flexibility index (Phi) is 4.21. The highest BCUT2D eigenvalue weighted by atomic mass is 16.5. The van der Waals surface area contributed by atoms with Crippen molar-refractivity contribution in [1.82, 2.24) is 19.3 Å². The fourth-order valence-corrected chi connectivity index (χ4v) is 2.06. The van der Waals surface area contributed by atoms with Gasteiger partial charge in [0.25, 0.3) is 0 Å². The van der Waals surface area contributed by atoms with Gasteiger partial charge in [0.1, 0.15) is 0 Å². The molecule has 2 aromatic heterocycles. The molecule has 0 saturated heterocycles. The van der Waals surface area contributed by atoms with Gasteiger partial charge < -0.3 is 14.6 Å². The van der Waals surface area contributed by atoms with Crippen LogP contribution in [0.1, 0.15) is 17.0 Å². The quantitative estimate of drug-likeness (QED) is 0.799. The average Bonchev–Trinajstić information content (AvgIpc) is 2.83. The van der Waals surface area contributed by atoms with Crippen LogP contribution in [0.5, 0.6) is 0 Å². The minimum Gasteiger partial charge on any atom is -0.383 e. The van der Waals surface area contributed by atoms with Crippen LogP contribution in [0.2, 0.25) is 0 Å². The first-order valence-corrected chi connectivity index (χ1v) is 6.36. The molecule has 0 aliphatic rings. The summed E-state index contributed by atoms with van der Waals surface area (Å²) in [5.74, 6) is 0.873. The summed E-state index contributed by atoms with van der Waals surface area (Å²) in [5, 5.41) is 7.64. The Bertz CT molecular complexity index is 543. The first kappa shape index (κ1) is 13.6. The van der Waals surface area contributed by atoms with Gasteiger partial charge in [-0.2, -0.15) is 5.10 Å². The summed E-state index contributed by atoms with van der Waals surface area (Å²) < 4.78 is 8.98. The molecule has 19 heavy (non-hydrogen) atoms.